The molecule has 26 heavy (non-hydrogen) atoms. The number of nitrogens with one attached hydrogen (secondary N) is 2. The molecule has 6 heteroatoms. The van der Waals surface area contributed by atoms with Crippen molar-refractivity contribution in [1.29, 1.82) is 0 Å². The molecule has 1 amide bonds. The van der Waals surface area contributed by atoms with Crippen LogP contribution in [0.25, 0.3) is 0 Å². The van der Waals surface area contributed by atoms with Crippen molar-refractivity contribution in [2.75, 3.05) is 10.6 Å². The van der Waals surface area contributed by atoms with E-state index in [9.17, 15) is 9.59 Å². The van der Waals surface area contributed by atoms with Crippen LogP contribution in [0.4, 0.5) is 17.2 Å². The fraction of sp³-hybridized carbons (Fsp3) is 0.100. The number of carbonyl (C=O) groups is 2. The van der Waals surface area contributed by atoms with E-state index in [2.05, 4.69) is 20.6 Å². The number of anilines is 3. The topological polar surface area (TPSA) is 84.0 Å². The molecule has 0 bridgehead atoms. The summed E-state index contributed by atoms with van der Waals surface area (Å²) in [5.41, 5.74) is 3.42. The average Bonchev–Trinajstić information content (AvgIpc) is 2.63. The standard InChI is InChI=1S/C20H18N4O2/c1-13-4-3-5-17(10-13)23-19-12-21-18(11-22-19)20(26)24-16-8-6-15(7-9-16)14(2)25/h3-12H,1-2H3,(H,22,23)(H,24,26). The van der Waals surface area contributed by atoms with Crippen molar-refractivity contribution >= 4 is 28.9 Å². The highest BCUT2D eigenvalue weighted by Crippen LogP contribution is 2.15. The number of Topliss-reactive ketones (excluding diaryl/α,β-unsaturated/α-hetero) is 1. The molecule has 0 unspecified atom stereocenters. The Bertz CT molecular complexity index is 935. The largest absolute Gasteiger partial charge is 0.339 e. The second-order valence-electron chi connectivity index (χ2n) is 5.87. The first-order valence-electron chi connectivity index (χ1n) is 8.09. The molecular formula is C20H18N4O2. The Morgan fingerprint density at radius 3 is 2.31 bits per heavy atom. The summed E-state index contributed by atoms with van der Waals surface area (Å²) in [7, 11) is 0. The first kappa shape index (κ1) is 17.3. The van der Waals surface area contributed by atoms with Gasteiger partial charge in [0.05, 0.1) is 12.4 Å². The maximum atomic E-state index is 12.2. The van der Waals surface area contributed by atoms with E-state index in [0.29, 0.717) is 17.1 Å². The summed E-state index contributed by atoms with van der Waals surface area (Å²) in [6, 6.07) is 14.6. The molecule has 0 spiro atoms. The molecular weight excluding hydrogens is 328 g/mol. The van der Waals surface area contributed by atoms with E-state index < -0.39 is 0 Å². The van der Waals surface area contributed by atoms with Gasteiger partial charge in [-0.25, -0.2) is 9.97 Å². The number of aromatic nitrogens is 2. The van der Waals surface area contributed by atoms with E-state index in [4.69, 9.17) is 0 Å². The molecule has 1 heterocycles. The Hall–Kier alpha value is -3.54. The first-order chi connectivity index (χ1) is 12.5. The van der Waals surface area contributed by atoms with Crippen LogP contribution >= 0.6 is 0 Å². The minimum Gasteiger partial charge on any atom is -0.339 e. The van der Waals surface area contributed by atoms with Crippen LogP contribution in [0, 0.1) is 6.92 Å². The lowest BCUT2D eigenvalue weighted by Crippen LogP contribution is -2.14. The third kappa shape index (κ3) is 4.30. The molecule has 3 rings (SSSR count). The van der Waals surface area contributed by atoms with E-state index in [1.54, 1.807) is 24.3 Å². The molecule has 2 N–H and O–H groups in total. The number of hydrogen-bond donors (Lipinski definition) is 2. The highest BCUT2D eigenvalue weighted by Gasteiger charge is 2.09. The van der Waals surface area contributed by atoms with Gasteiger partial charge in [-0.1, -0.05) is 12.1 Å². The fourth-order valence-electron chi connectivity index (χ4n) is 2.36. The third-order valence-corrected chi connectivity index (χ3v) is 3.72. The van der Waals surface area contributed by atoms with Crippen molar-refractivity contribution in [3.05, 3.63) is 77.7 Å². The monoisotopic (exact) mass is 346 g/mol. The lowest BCUT2D eigenvalue weighted by atomic mass is 10.1. The van der Waals surface area contributed by atoms with Gasteiger partial charge < -0.3 is 10.6 Å². The smallest absolute Gasteiger partial charge is 0.275 e. The molecule has 3 aromatic rings. The molecule has 0 fully saturated rings. The van der Waals surface area contributed by atoms with Crippen molar-refractivity contribution < 1.29 is 9.59 Å². The molecule has 0 saturated carbocycles. The second kappa shape index (κ2) is 7.57. The van der Waals surface area contributed by atoms with Crippen LogP contribution < -0.4 is 10.6 Å². The lowest BCUT2D eigenvalue weighted by Gasteiger charge is -2.08. The van der Waals surface area contributed by atoms with Crippen LogP contribution in [0.3, 0.4) is 0 Å². The first-order valence-corrected chi connectivity index (χ1v) is 8.09. The summed E-state index contributed by atoms with van der Waals surface area (Å²) in [6.07, 6.45) is 2.92. The number of ketones is 1. The Morgan fingerprint density at radius 1 is 0.923 bits per heavy atom. The zero-order valence-corrected chi connectivity index (χ0v) is 14.5. The summed E-state index contributed by atoms with van der Waals surface area (Å²) in [6.45, 7) is 3.50. The third-order valence-electron chi connectivity index (χ3n) is 3.72. The van der Waals surface area contributed by atoms with E-state index in [-0.39, 0.29) is 17.4 Å². The van der Waals surface area contributed by atoms with Crippen LogP contribution in [-0.4, -0.2) is 21.7 Å². The maximum Gasteiger partial charge on any atom is 0.275 e. The summed E-state index contributed by atoms with van der Waals surface area (Å²) in [5.74, 6) is 0.165. The van der Waals surface area contributed by atoms with E-state index >= 15 is 0 Å². The minimum absolute atomic E-state index is 0.0227. The summed E-state index contributed by atoms with van der Waals surface area (Å²) < 4.78 is 0. The van der Waals surface area contributed by atoms with Crippen LogP contribution in [0.2, 0.25) is 0 Å². The van der Waals surface area contributed by atoms with Gasteiger partial charge in [-0.05, 0) is 55.8 Å². The van der Waals surface area contributed by atoms with Crippen LogP contribution in [-0.2, 0) is 0 Å². The Labute approximate surface area is 151 Å². The zero-order valence-electron chi connectivity index (χ0n) is 14.5. The van der Waals surface area contributed by atoms with Gasteiger partial charge in [-0.15, -0.1) is 0 Å². The minimum atomic E-state index is -0.366. The number of carbonyl (C=O) groups excluding carboxylic acids is 2. The van der Waals surface area contributed by atoms with Crippen molar-refractivity contribution in [2.24, 2.45) is 0 Å². The number of benzene rings is 2. The van der Waals surface area contributed by atoms with E-state index in [1.165, 1.54) is 19.3 Å². The van der Waals surface area contributed by atoms with E-state index in [0.717, 1.165) is 11.3 Å². The molecule has 0 aliphatic heterocycles. The molecule has 0 radical (unpaired) electrons. The number of hydrogen-bond acceptors (Lipinski definition) is 5. The number of amides is 1. The summed E-state index contributed by atoms with van der Waals surface area (Å²) in [4.78, 5) is 31.9. The fourth-order valence-corrected chi connectivity index (χ4v) is 2.36. The Balaban J connectivity index is 1.65. The van der Waals surface area contributed by atoms with Crippen molar-refractivity contribution in [1.82, 2.24) is 9.97 Å². The Kier molecular flexibility index (Phi) is 5.03. The number of rotatable bonds is 5. The average molecular weight is 346 g/mol. The molecule has 130 valence electrons. The van der Waals surface area contributed by atoms with Gasteiger partial charge in [0, 0.05) is 16.9 Å². The predicted molar refractivity (Wildman–Crippen MR) is 101 cm³/mol. The van der Waals surface area contributed by atoms with Gasteiger partial charge in [0.15, 0.2) is 5.78 Å². The van der Waals surface area contributed by atoms with Crippen LogP contribution in [0.5, 0.6) is 0 Å². The van der Waals surface area contributed by atoms with E-state index in [1.807, 2.05) is 31.2 Å². The molecule has 1 aromatic heterocycles. The molecule has 0 aliphatic rings. The quantitative estimate of drug-likeness (QED) is 0.683. The summed E-state index contributed by atoms with van der Waals surface area (Å²) >= 11 is 0. The van der Waals surface area contributed by atoms with Gasteiger partial charge in [-0.3, -0.25) is 9.59 Å². The molecule has 6 nitrogen and oxygen atoms in total. The lowest BCUT2D eigenvalue weighted by molar-refractivity contribution is 0.101. The SMILES string of the molecule is CC(=O)c1ccc(NC(=O)c2cnc(Nc3cccc(C)c3)cn2)cc1. The van der Waals surface area contributed by atoms with Gasteiger partial charge in [-0.2, -0.15) is 0 Å². The second-order valence-corrected chi connectivity index (χ2v) is 5.87. The van der Waals surface area contributed by atoms with Gasteiger partial charge in [0.2, 0.25) is 0 Å². The van der Waals surface area contributed by atoms with Crippen molar-refractivity contribution in [3.63, 3.8) is 0 Å². The highest BCUT2D eigenvalue weighted by atomic mass is 16.2. The molecule has 0 atom stereocenters. The van der Waals surface area contributed by atoms with Gasteiger partial charge >= 0.3 is 0 Å². The number of nitrogens with zero attached hydrogens (tertiary/aromatic N) is 2. The zero-order chi connectivity index (χ0) is 18.5. The van der Waals surface area contributed by atoms with Gasteiger partial charge in [0.1, 0.15) is 11.5 Å². The number of aryl methyl sites for hydroxylation is 1. The highest BCUT2D eigenvalue weighted by molar-refractivity contribution is 6.03. The van der Waals surface area contributed by atoms with Crippen LogP contribution in [0.1, 0.15) is 33.3 Å². The van der Waals surface area contributed by atoms with Crippen LogP contribution in [0.15, 0.2) is 60.9 Å². The summed E-state index contributed by atoms with van der Waals surface area (Å²) in [5, 5.41) is 5.87. The molecule has 0 aliphatic carbocycles. The normalized spacial score (nSPS) is 10.2. The maximum absolute atomic E-state index is 12.2. The Morgan fingerprint density at radius 2 is 1.69 bits per heavy atom. The predicted octanol–water partition coefficient (Wildman–Crippen LogP) is 3.98. The van der Waals surface area contributed by atoms with Crippen molar-refractivity contribution in [3.8, 4) is 0 Å². The van der Waals surface area contributed by atoms with Crippen molar-refractivity contribution in [2.45, 2.75) is 13.8 Å². The molecule has 2 aromatic carbocycles. The molecule has 0 saturated heterocycles. The van der Waals surface area contributed by atoms with Gasteiger partial charge in [0.25, 0.3) is 5.91 Å².